The summed E-state index contributed by atoms with van der Waals surface area (Å²) in [6.07, 6.45) is 0. The zero-order valence-corrected chi connectivity index (χ0v) is 54.8. The number of benzene rings is 15. The number of nitriles is 1. The van der Waals surface area contributed by atoms with Crippen molar-refractivity contribution in [1.82, 2.24) is 23.7 Å². The average molecular weight is 1290 g/mol. The lowest BCUT2D eigenvalue weighted by atomic mass is 9.82. The van der Waals surface area contributed by atoms with Crippen LogP contribution < -0.4 is 0 Å². The molecule has 4 heterocycles. The van der Waals surface area contributed by atoms with Crippen LogP contribution in [0.1, 0.15) is 5.56 Å². The quantitative estimate of drug-likeness (QED) is 0.122. The van der Waals surface area contributed by atoms with Crippen molar-refractivity contribution in [1.29, 1.82) is 5.26 Å². The third-order valence-electron chi connectivity index (χ3n) is 20.1. The summed E-state index contributed by atoms with van der Waals surface area (Å²) in [5.74, 6) is 0.581. The van der Waals surface area contributed by atoms with E-state index >= 15 is 0 Å². The smallest absolute Gasteiger partial charge is 0.160 e. The van der Waals surface area contributed by atoms with Gasteiger partial charge in [0.1, 0.15) is 6.07 Å². The van der Waals surface area contributed by atoms with Gasteiger partial charge in [0.15, 0.2) is 5.82 Å². The monoisotopic (exact) mass is 1280 g/mol. The van der Waals surface area contributed by atoms with Gasteiger partial charge in [0.2, 0.25) is 0 Å². The van der Waals surface area contributed by atoms with Crippen LogP contribution in [0.15, 0.2) is 364 Å². The molecule has 4 aromatic heterocycles. The van der Waals surface area contributed by atoms with Gasteiger partial charge in [-0.15, -0.1) is 0 Å². The molecule has 470 valence electrons. The molecule has 15 aromatic carbocycles. The largest absolute Gasteiger partial charge is 0.309 e. The Morgan fingerprint density at radius 3 is 0.911 bits per heavy atom. The van der Waals surface area contributed by atoms with Gasteiger partial charge in [-0.1, -0.05) is 261 Å². The normalized spacial score (nSPS) is 11.6. The first-order valence-corrected chi connectivity index (χ1v) is 34.2. The lowest BCUT2D eigenvalue weighted by molar-refractivity contribution is 1.18. The topological polar surface area (TPSA) is 64.4 Å². The zero-order chi connectivity index (χ0) is 66.9. The van der Waals surface area contributed by atoms with Gasteiger partial charge in [-0.2, -0.15) is 5.26 Å². The van der Waals surface area contributed by atoms with Crippen molar-refractivity contribution in [3.05, 3.63) is 370 Å². The van der Waals surface area contributed by atoms with E-state index in [-0.39, 0.29) is 0 Å². The van der Waals surface area contributed by atoms with Crippen LogP contribution in [0.3, 0.4) is 0 Å². The summed E-state index contributed by atoms with van der Waals surface area (Å²) >= 11 is 0. The number of para-hydroxylation sites is 3. The third kappa shape index (κ3) is 10.1. The minimum absolute atomic E-state index is 0.524. The Balaban J connectivity index is 0.841. The first kappa shape index (κ1) is 58.6. The molecule has 19 rings (SSSR count). The van der Waals surface area contributed by atoms with Crippen LogP contribution in [0.25, 0.3) is 183 Å². The average Bonchev–Trinajstić information content (AvgIpc) is 1.06. The summed E-state index contributed by atoms with van der Waals surface area (Å²) in [5.41, 5.74) is 26.5. The first-order chi connectivity index (χ1) is 50.0. The summed E-state index contributed by atoms with van der Waals surface area (Å²) in [4.78, 5) is 10.9. The molecule has 0 bridgehead atoms. The maximum Gasteiger partial charge on any atom is 0.160 e. The number of nitrogens with zero attached hydrogens (tertiary/aromatic N) is 6. The van der Waals surface area contributed by atoms with Crippen molar-refractivity contribution in [3.63, 3.8) is 0 Å². The Morgan fingerprint density at radius 2 is 0.525 bits per heavy atom. The van der Waals surface area contributed by atoms with Crippen LogP contribution in [0, 0.1) is 11.3 Å². The Bertz CT molecular complexity index is 6390. The van der Waals surface area contributed by atoms with Gasteiger partial charge in [-0.25, -0.2) is 9.97 Å². The van der Waals surface area contributed by atoms with E-state index in [1.807, 2.05) is 36.4 Å². The fourth-order valence-corrected chi connectivity index (χ4v) is 15.4. The van der Waals surface area contributed by atoms with E-state index in [1.165, 1.54) is 65.7 Å². The molecular formula is C95H60N6. The maximum atomic E-state index is 12.5. The summed E-state index contributed by atoms with van der Waals surface area (Å²) in [7, 11) is 0. The lowest BCUT2D eigenvalue weighted by Crippen LogP contribution is -2.02. The molecule has 6 nitrogen and oxygen atoms in total. The summed E-state index contributed by atoms with van der Waals surface area (Å²) in [6.45, 7) is 0. The van der Waals surface area contributed by atoms with Crippen LogP contribution in [-0.4, -0.2) is 23.7 Å². The van der Waals surface area contributed by atoms with Gasteiger partial charge in [-0.3, -0.25) is 0 Å². The van der Waals surface area contributed by atoms with Crippen molar-refractivity contribution >= 4 is 65.4 Å². The predicted octanol–water partition coefficient (Wildman–Crippen LogP) is 24.6. The molecule has 0 radical (unpaired) electrons. The van der Waals surface area contributed by atoms with Crippen molar-refractivity contribution in [2.24, 2.45) is 0 Å². The highest BCUT2D eigenvalue weighted by Crippen LogP contribution is 2.48. The van der Waals surface area contributed by atoms with Crippen molar-refractivity contribution in [2.75, 3.05) is 0 Å². The number of aromatic nitrogens is 5. The number of hydrogen-bond acceptors (Lipinski definition) is 3. The van der Waals surface area contributed by atoms with Gasteiger partial charge in [-0.05, 0) is 159 Å². The standard InChI is InChI=1S/C95H60N6/c96-61-84-93(67-40-49-74(50-41-67)100-88-36-20-17-33-77(88)81-57-71(45-54-91(81)100)63-24-8-2-9-25-63)79(65-38-47-73(48-39-65)99-87-35-19-16-32-76(87)80-56-70(44-53-90(80)99)62-22-6-1-7-23-62)59-83(86-60-85(66-28-12-4-13-29-66)97-95(98-86)69-30-14-5-15-31-69)94(84)68-42-51-75(52-43-68)101-89-37-21-18-34-78(89)82-58-72(46-55-92(82)101)64-26-10-3-11-27-64/h1-60H. The van der Waals surface area contributed by atoms with E-state index < -0.39 is 0 Å². The fraction of sp³-hybridized carbons (Fsp3) is 0. The van der Waals surface area contributed by atoms with Gasteiger partial charge in [0, 0.05) is 77.2 Å². The number of fused-ring (bicyclic) bond motifs is 9. The van der Waals surface area contributed by atoms with Gasteiger partial charge < -0.3 is 13.7 Å². The van der Waals surface area contributed by atoms with Crippen LogP contribution >= 0.6 is 0 Å². The van der Waals surface area contributed by atoms with E-state index in [0.29, 0.717) is 17.1 Å². The van der Waals surface area contributed by atoms with Gasteiger partial charge in [0.25, 0.3) is 0 Å². The van der Waals surface area contributed by atoms with E-state index in [1.54, 1.807) is 0 Å². The molecule has 0 aliphatic heterocycles. The Morgan fingerprint density at radius 1 is 0.218 bits per heavy atom. The summed E-state index contributed by atoms with van der Waals surface area (Å²) < 4.78 is 7.10. The molecule has 0 spiro atoms. The zero-order valence-electron chi connectivity index (χ0n) is 54.8. The van der Waals surface area contributed by atoms with Crippen LogP contribution in [0.5, 0.6) is 0 Å². The maximum absolute atomic E-state index is 12.5. The molecule has 101 heavy (non-hydrogen) atoms. The highest BCUT2D eigenvalue weighted by Gasteiger charge is 2.27. The van der Waals surface area contributed by atoms with Crippen LogP contribution in [0.2, 0.25) is 0 Å². The highest BCUT2D eigenvalue weighted by atomic mass is 15.0. The lowest BCUT2D eigenvalue weighted by Gasteiger charge is -2.22. The third-order valence-corrected chi connectivity index (χ3v) is 20.1. The summed E-state index contributed by atoms with van der Waals surface area (Å²) in [5, 5.41) is 19.6. The van der Waals surface area contributed by atoms with Crippen molar-refractivity contribution in [3.8, 4) is 124 Å². The highest BCUT2D eigenvalue weighted by molar-refractivity contribution is 6.13. The molecule has 0 N–H and O–H groups in total. The second kappa shape index (κ2) is 24.4. The van der Waals surface area contributed by atoms with Gasteiger partial charge >= 0.3 is 0 Å². The van der Waals surface area contributed by atoms with E-state index in [2.05, 4.69) is 347 Å². The molecule has 0 amide bonds. The second-order valence-electron chi connectivity index (χ2n) is 25.9. The number of hydrogen-bond donors (Lipinski definition) is 0. The minimum Gasteiger partial charge on any atom is -0.309 e. The van der Waals surface area contributed by atoms with E-state index in [4.69, 9.17) is 9.97 Å². The molecule has 0 unspecified atom stereocenters. The Labute approximate surface area is 584 Å². The van der Waals surface area contributed by atoms with Crippen LogP contribution in [0.4, 0.5) is 0 Å². The molecule has 0 saturated carbocycles. The molecule has 0 atom stereocenters. The van der Waals surface area contributed by atoms with E-state index in [0.717, 1.165) is 106 Å². The minimum atomic E-state index is 0.524. The summed E-state index contributed by atoms with van der Waals surface area (Å²) in [6, 6.07) is 133. The Kier molecular flexibility index (Phi) is 14.2. The predicted molar refractivity (Wildman–Crippen MR) is 419 cm³/mol. The Hall–Kier alpha value is -13.7. The second-order valence-corrected chi connectivity index (χ2v) is 25.9. The number of rotatable bonds is 12. The van der Waals surface area contributed by atoms with Crippen molar-refractivity contribution in [2.45, 2.75) is 0 Å². The molecule has 0 aliphatic rings. The van der Waals surface area contributed by atoms with E-state index in [9.17, 15) is 5.26 Å². The first-order valence-electron chi connectivity index (χ1n) is 34.2. The molecule has 0 aliphatic carbocycles. The van der Waals surface area contributed by atoms with Gasteiger partial charge in [0.05, 0.1) is 50.1 Å². The molecule has 6 heteroatoms. The molecule has 0 fully saturated rings. The van der Waals surface area contributed by atoms with Crippen LogP contribution in [-0.2, 0) is 0 Å². The SMILES string of the molecule is N#Cc1c(-c2ccc(-n3c4ccccc4c4cc(-c5ccccc5)ccc43)cc2)c(-c2ccc(-n3c4ccccc4c4cc(-c5ccccc5)ccc43)cc2)cc(-c2cc(-c3ccccc3)nc(-c3ccccc3)n2)c1-c1ccc(-n2c3ccccc3c3cc(-c4ccccc4)ccc32)cc1. The molecule has 19 aromatic rings. The molecular weight excluding hydrogens is 1230 g/mol. The fourth-order valence-electron chi connectivity index (χ4n) is 15.4. The molecule has 0 saturated heterocycles. The van der Waals surface area contributed by atoms with Crippen molar-refractivity contribution < 1.29 is 0 Å².